The molecule has 2 rings (SSSR count). The minimum absolute atomic E-state index is 0.613. The van der Waals surface area contributed by atoms with E-state index in [1.165, 1.54) is 6.42 Å². The lowest BCUT2D eigenvalue weighted by Crippen LogP contribution is -2.22. The average Bonchev–Trinajstić information content (AvgIpc) is 2.88. The van der Waals surface area contributed by atoms with E-state index in [9.17, 15) is 0 Å². The lowest BCUT2D eigenvalue weighted by molar-refractivity contribution is 0.473. The lowest BCUT2D eigenvalue weighted by atomic mass is 10.2. The first kappa shape index (κ1) is 12.7. The standard InChI is InChI=1S/C12H17Br2NO/c1-7(2)5-15-6-8-3-9(8)11-4-10(13)12(14)16-11/h4,7-9,15H,3,5-6H2,1-2H3. The molecule has 0 bridgehead atoms. The van der Waals surface area contributed by atoms with Crippen LogP contribution in [0.25, 0.3) is 0 Å². The first-order valence-corrected chi connectivity index (χ1v) is 7.32. The fraction of sp³-hybridized carbons (Fsp3) is 0.667. The maximum absolute atomic E-state index is 5.64. The van der Waals surface area contributed by atoms with Gasteiger partial charge in [-0.15, -0.1) is 0 Å². The highest BCUT2D eigenvalue weighted by molar-refractivity contribution is 9.13. The molecule has 1 aromatic rings. The topological polar surface area (TPSA) is 25.2 Å². The predicted molar refractivity (Wildman–Crippen MR) is 72.7 cm³/mol. The maximum atomic E-state index is 5.64. The van der Waals surface area contributed by atoms with Crippen LogP contribution in [0.2, 0.25) is 0 Å². The van der Waals surface area contributed by atoms with Crippen LogP contribution in [-0.2, 0) is 0 Å². The lowest BCUT2D eigenvalue weighted by Gasteiger charge is -2.05. The molecule has 1 aromatic heterocycles. The summed E-state index contributed by atoms with van der Waals surface area (Å²) in [6.07, 6.45) is 1.25. The van der Waals surface area contributed by atoms with Gasteiger partial charge in [0.05, 0.1) is 4.47 Å². The molecule has 1 aliphatic carbocycles. The van der Waals surface area contributed by atoms with Gasteiger partial charge in [-0.2, -0.15) is 0 Å². The van der Waals surface area contributed by atoms with Crippen molar-refractivity contribution in [2.75, 3.05) is 13.1 Å². The average molecular weight is 351 g/mol. The maximum Gasteiger partial charge on any atom is 0.183 e. The van der Waals surface area contributed by atoms with Gasteiger partial charge in [0.15, 0.2) is 4.67 Å². The van der Waals surface area contributed by atoms with Crippen molar-refractivity contribution in [2.45, 2.75) is 26.2 Å². The quantitative estimate of drug-likeness (QED) is 0.862. The summed E-state index contributed by atoms with van der Waals surface area (Å²) >= 11 is 6.82. The van der Waals surface area contributed by atoms with Gasteiger partial charge < -0.3 is 9.73 Å². The molecule has 16 heavy (non-hydrogen) atoms. The molecule has 0 spiro atoms. The van der Waals surface area contributed by atoms with Crippen molar-refractivity contribution in [3.8, 4) is 0 Å². The zero-order valence-corrected chi connectivity index (χ0v) is 12.8. The fourth-order valence-corrected chi connectivity index (χ4v) is 2.53. The van der Waals surface area contributed by atoms with Gasteiger partial charge in [-0.1, -0.05) is 13.8 Å². The van der Waals surface area contributed by atoms with Gasteiger partial charge in [0.2, 0.25) is 0 Å². The molecule has 2 nitrogen and oxygen atoms in total. The highest BCUT2D eigenvalue weighted by Crippen LogP contribution is 2.49. The van der Waals surface area contributed by atoms with E-state index in [2.05, 4.69) is 57.1 Å². The normalized spacial score (nSPS) is 24.1. The molecule has 0 radical (unpaired) electrons. The Labute approximate surface area is 113 Å². The molecule has 0 saturated heterocycles. The highest BCUT2D eigenvalue weighted by atomic mass is 79.9. The van der Waals surface area contributed by atoms with Gasteiger partial charge in [-0.05, 0) is 69.3 Å². The van der Waals surface area contributed by atoms with Crippen LogP contribution in [0.1, 0.15) is 31.9 Å². The van der Waals surface area contributed by atoms with Gasteiger partial charge in [-0.3, -0.25) is 0 Å². The van der Waals surface area contributed by atoms with Crippen molar-refractivity contribution in [3.05, 3.63) is 21.0 Å². The SMILES string of the molecule is CC(C)CNCC1CC1c1cc(Br)c(Br)o1. The second-order valence-electron chi connectivity index (χ2n) is 4.92. The minimum Gasteiger partial charge on any atom is -0.453 e. The van der Waals surface area contributed by atoms with E-state index in [-0.39, 0.29) is 0 Å². The molecular formula is C12H17Br2NO. The Hall–Kier alpha value is 0.200. The molecule has 1 N–H and O–H groups in total. The summed E-state index contributed by atoms with van der Waals surface area (Å²) in [5.74, 6) is 3.20. The van der Waals surface area contributed by atoms with Gasteiger partial charge in [-0.25, -0.2) is 0 Å². The van der Waals surface area contributed by atoms with Crippen molar-refractivity contribution in [2.24, 2.45) is 11.8 Å². The van der Waals surface area contributed by atoms with Crippen LogP contribution in [-0.4, -0.2) is 13.1 Å². The number of hydrogen-bond acceptors (Lipinski definition) is 2. The number of furan rings is 1. The Kier molecular flexibility index (Phi) is 4.14. The van der Waals surface area contributed by atoms with Crippen LogP contribution in [0, 0.1) is 11.8 Å². The molecule has 1 heterocycles. The molecule has 1 fully saturated rings. The van der Waals surface area contributed by atoms with E-state index in [1.807, 2.05) is 0 Å². The van der Waals surface area contributed by atoms with Crippen molar-refractivity contribution < 1.29 is 4.42 Å². The van der Waals surface area contributed by atoms with E-state index >= 15 is 0 Å². The number of nitrogens with one attached hydrogen (secondary N) is 1. The second-order valence-corrected chi connectivity index (χ2v) is 6.50. The fourth-order valence-electron chi connectivity index (χ4n) is 1.93. The zero-order chi connectivity index (χ0) is 11.7. The summed E-state index contributed by atoms with van der Waals surface area (Å²) < 4.78 is 7.46. The van der Waals surface area contributed by atoms with Crippen molar-refractivity contribution in [3.63, 3.8) is 0 Å². The first-order valence-electron chi connectivity index (χ1n) is 5.73. The third kappa shape index (κ3) is 3.11. The summed E-state index contributed by atoms with van der Waals surface area (Å²) in [5.41, 5.74) is 0. The molecule has 2 atom stereocenters. The molecule has 1 aliphatic rings. The Morgan fingerprint density at radius 2 is 2.25 bits per heavy atom. The zero-order valence-electron chi connectivity index (χ0n) is 9.59. The van der Waals surface area contributed by atoms with E-state index in [4.69, 9.17) is 4.42 Å². The van der Waals surface area contributed by atoms with Crippen LogP contribution in [0.5, 0.6) is 0 Å². The molecule has 90 valence electrons. The Balaban J connectivity index is 1.78. The monoisotopic (exact) mass is 349 g/mol. The molecule has 1 saturated carbocycles. The van der Waals surface area contributed by atoms with E-state index in [1.54, 1.807) is 0 Å². The molecule has 0 aliphatic heterocycles. The Bertz CT molecular complexity index is 342. The van der Waals surface area contributed by atoms with Crippen LogP contribution >= 0.6 is 31.9 Å². The summed E-state index contributed by atoms with van der Waals surface area (Å²) in [4.78, 5) is 0. The molecular weight excluding hydrogens is 334 g/mol. The van der Waals surface area contributed by atoms with E-state index in [0.29, 0.717) is 5.92 Å². The van der Waals surface area contributed by atoms with E-state index < -0.39 is 0 Å². The summed E-state index contributed by atoms with van der Waals surface area (Å²) in [6.45, 7) is 6.68. The van der Waals surface area contributed by atoms with Crippen molar-refractivity contribution >= 4 is 31.9 Å². The van der Waals surface area contributed by atoms with Crippen molar-refractivity contribution in [1.29, 1.82) is 0 Å². The number of halogens is 2. The molecule has 2 unspecified atom stereocenters. The largest absolute Gasteiger partial charge is 0.453 e. The minimum atomic E-state index is 0.613. The van der Waals surface area contributed by atoms with Crippen LogP contribution in [0.3, 0.4) is 0 Å². The Morgan fingerprint density at radius 3 is 2.81 bits per heavy atom. The molecule has 0 aromatic carbocycles. The van der Waals surface area contributed by atoms with Gasteiger partial charge in [0.1, 0.15) is 5.76 Å². The summed E-state index contributed by atoms with van der Waals surface area (Å²) in [6, 6.07) is 2.08. The number of hydrogen-bond donors (Lipinski definition) is 1. The van der Waals surface area contributed by atoms with Crippen LogP contribution in [0.15, 0.2) is 19.6 Å². The third-order valence-corrected chi connectivity index (χ3v) is 4.62. The van der Waals surface area contributed by atoms with Gasteiger partial charge in [0.25, 0.3) is 0 Å². The first-order chi connectivity index (χ1) is 7.58. The second kappa shape index (κ2) is 5.23. The summed E-state index contributed by atoms with van der Waals surface area (Å²) in [7, 11) is 0. The number of rotatable bonds is 5. The van der Waals surface area contributed by atoms with E-state index in [0.717, 1.165) is 39.8 Å². The Morgan fingerprint density at radius 1 is 1.50 bits per heavy atom. The summed E-state index contributed by atoms with van der Waals surface area (Å²) in [5, 5.41) is 3.50. The molecule has 0 amide bonds. The third-order valence-electron chi connectivity index (χ3n) is 2.91. The van der Waals surface area contributed by atoms with Crippen LogP contribution < -0.4 is 5.32 Å². The van der Waals surface area contributed by atoms with Gasteiger partial charge >= 0.3 is 0 Å². The molecule has 4 heteroatoms. The van der Waals surface area contributed by atoms with Crippen molar-refractivity contribution in [1.82, 2.24) is 5.32 Å². The van der Waals surface area contributed by atoms with Crippen LogP contribution in [0.4, 0.5) is 0 Å². The highest BCUT2D eigenvalue weighted by Gasteiger charge is 2.40. The smallest absolute Gasteiger partial charge is 0.183 e. The predicted octanol–water partition coefficient (Wildman–Crippen LogP) is 4.15. The van der Waals surface area contributed by atoms with Gasteiger partial charge in [0, 0.05) is 5.92 Å².